The highest BCUT2D eigenvalue weighted by molar-refractivity contribution is 6.11. The molecule has 170 valence electrons. The molecule has 3 aromatic rings. The molecule has 0 saturated carbocycles. The third-order valence-electron chi connectivity index (χ3n) is 4.74. The van der Waals surface area contributed by atoms with Crippen LogP contribution in [0.15, 0.2) is 60.9 Å². The number of halogens is 3. The zero-order chi connectivity index (χ0) is 24.2. The van der Waals surface area contributed by atoms with Crippen LogP contribution in [-0.2, 0) is 6.18 Å². The van der Waals surface area contributed by atoms with E-state index in [-0.39, 0.29) is 11.3 Å². The number of aryl methyl sites for hydroxylation is 2. The van der Waals surface area contributed by atoms with Gasteiger partial charge in [0.05, 0.1) is 28.9 Å². The van der Waals surface area contributed by atoms with Crippen molar-refractivity contribution in [3.8, 4) is 11.3 Å². The minimum atomic E-state index is -4.67. The molecule has 3 N–H and O–H groups in total. The summed E-state index contributed by atoms with van der Waals surface area (Å²) in [6, 6.07) is 10.5. The van der Waals surface area contributed by atoms with Gasteiger partial charge in [0.2, 0.25) is 0 Å². The zero-order valence-electron chi connectivity index (χ0n) is 18.2. The Morgan fingerprint density at radius 1 is 1.12 bits per heavy atom. The smallest absolute Gasteiger partial charge is 0.394 e. The first-order chi connectivity index (χ1) is 15.6. The topological polar surface area (TPSA) is 90.8 Å². The molecule has 0 radical (unpaired) electrons. The number of hydrogen-bond acceptors (Lipinski definition) is 5. The summed E-state index contributed by atoms with van der Waals surface area (Å²) in [5, 5.41) is 13.3. The Balaban J connectivity index is 2.00. The maximum atomic E-state index is 13.5. The van der Waals surface area contributed by atoms with Gasteiger partial charge in [0.1, 0.15) is 5.82 Å². The van der Waals surface area contributed by atoms with Gasteiger partial charge < -0.3 is 16.0 Å². The predicted octanol–water partition coefficient (Wildman–Crippen LogP) is 5.13. The molecule has 0 aliphatic rings. The fraction of sp³-hybridized carbons (Fsp3) is 0.167. The van der Waals surface area contributed by atoms with Crippen LogP contribution in [0, 0.1) is 19.3 Å². The van der Waals surface area contributed by atoms with E-state index < -0.39 is 23.2 Å². The average molecular weight is 453 g/mol. The number of benzene rings is 2. The van der Waals surface area contributed by atoms with Crippen molar-refractivity contribution in [2.75, 3.05) is 12.4 Å². The van der Waals surface area contributed by atoms with Crippen LogP contribution in [0.25, 0.3) is 11.3 Å². The summed E-state index contributed by atoms with van der Waals surface area (Å²) in [4.78, 5) is 21.5. The third-order valence-corrected chi connectivity index (χ3v) is 4.74. The van der Waals surface area contributed by atoms with Crippen molar-refractivity contribution in [3.05, 3.63) is 89.0 Å². The van der Waals surface area contributed by atoms with Gasteiger partial charge in [0.25, 0.3) is 5.91 Å². The molecular formula is C24H22F3N5O. The second-order valence-corrected chi connectivity index (χ2v) is 7.30. The number of nitrogens with one attached hydrogen (secondary N) is 3. The van der Waals surface area contributed by atoms with Crippen LogP contribution in [0.2, 0.25) is 0 Å². The molecule has 0 bridgehead atoms. The zero-order valence-corrected chi connectivity index (χ0v) is 18.2. The fourth-order valence-corrected chi connectivity index (χ4v) is 3.18. The van der Waals surface area contributed by atoms with Crippen molar-refractivity contribution in [1.82, 2.24) is 15.3 Å². The van der Waals surface area contributed by atoms with E-state index in [0.29, 0.717) is 17.2 Å². The molecule has 0 spiro atoms. The van der Waals surface area contributed by atoms with Crippen LogP contribution in [0.4, 0.5) is 18.9 Å². The number of aromatic nitrogens is 2. The van der Waals surface area contributed by atoms with Gasteiger partial charge in [0.15, 0.2) is 0 Å². The van der Waals surface area contributed by atoms with Crippen molar-refractivity contribution in [2.24, 2.45) is 0 Å². The molecule has 3 rings (SSSR count). The number of nitrogens with zero attached hydrogens (tertiary/aromatic N) is 2. The predicted molar refractivity (Wildman–Crippen MR) is 121 cm³/mol. The first kappa shape index (κ1) is 23.6. The van der Waals surface area contributed by atoms with Gasteiger partial charge in [-0.2, -0.15) is 13.2 Å². The molecule has 0 fully saturated rings. The Morgan fingerprint density at radius 2 is 1.88 bits per heavy atom. The molecule has 1 amide bonds. The third kappa shape index (κ3) is 5.62. The second-order valence-electron chi connectivity index (χ2n) is 7.30. The summed E-state index contributed by atoms with van der Waals surface area (Å²) in [6.07, 6.45) is -0.684. The number of allylic oxidation sites excluding steroid dienone is 1. The monoisotopic (exact) mass is 453 g/mol. The van der Waals surface area contributed by atoms with Gasteiger partial charge in [-0.05, 0) is 50.4 Å². The summed E-state index contributed by atoms with van der Waals surface area (Å²) < 4.78 is 40.4. The minimum Gasteiger partial charge on any atom is -0.394 e. The number of carbonyl (C=O) groups excluding carboxylic acids is 1. The van der Waals surface area contributed by atoms with Gasteiger partial charge in [-0.3, -0.25) is 4.79 Å². The van der Waals surface area contributed by atoms with E-state index in [4.69, 9.17) is 5.41 Å². The van der Waals surface area contributed by atoms with Crippen molar-refractivity contribution < 1.29 is 18.0 Å². The van der Waals surface area contributed by atoms with E-state index in [9.17, 15) is 18.0 Å². The molecule has 0 aliphatic heterocycles. The van der Waals surface area contributed by atoms with Crippen LogP contribution in [-0.4, -0.2) is 28.6 Å². The van der Waals surface area contributed by atoms with Crippen LogP contribution in [0.3, 0.4) is 0 Å². The number of rotatable bonds is 6. The molecule has 1 heterocycles. The molecule has 0 atom stereocenters. The first-order valence-electron chi connectivity index (χ1n) is 9.96. The maximum Gasteiger partial charge on any atom is 0.417 e. The molecule has 0 saturated heterocycles. The molecular weight excluding hydrogens is 431 g/mol. The van der Waals surface area contributed by atoms with Crippen LogP contribution >= 0.6 is 0 Å². The Hall–Kier alpha value is -4.01. The Bertz CT molecular complexity index is 1240. The minimum absolute atomic E-state index is 0.0311. The lowest BCUT2D eigenvalue weighted by molar-refractivity contribution is -0.137. The molecule has 6 nitrogen and oxygen atoms in total. The molecule has 33 heavy (non-hydrogen) atoms. The highest BCUT2D eigenvalue weighted by Crippen LogP contribution is 2.33. The summed E-state index contributed by atoms with van der Waals surface area (Å²) in [5.41, 5.74) is 0.773. The van der Waals surface area contributed by atoms with Crippen molar-refractivity contribution in [2.45, 2.75) is 20.0 Å². The standard InChI is InChI=1S/C24H22F3N5O/c1-14-5-4-6-16(11-14)22-21(13-30-15(2)31-22)32-23(33)17-7-8-19(24(25,26)27)18(12-17)20(28)9-10-29-3/h4-13,28-29H,1-3H3,(H,32,33)/b10-9-,28-20?. The van der Waals surface area contributed by atoms with Crippen LogP contribution in [0.1, 0.15) is 32.9 Å². The Morgan fingerprint density at radius 3 is 2.55 bits per heavy atom. The largest absolute Gasteiger partial charge is 0.417 e. The second kappa shape index (κ2) is 9.64. The molecule has 9 heteroatoms. The lowest BCUT2D eigenvalue weighted by Gasteiger charge is -2.15. The van der Waals surface area contributed by atoms with Crippen LogP contribution in [0.5, 0.6) is 0 Å². The summed E-state index contributed by atoms with van der Waals surface area (Å²) >= 11 is 0. The lowest BCUT2D eigenvalue weighted by Crippen LogP contribution is -2.17. The van der Waals surface area contributed by atoms with E-state index in [0.717, 1.165) is 29.3 Å². The number of alkyl halides is 3. The molecule has 0 unspecified atom stereocenters. The maximum absolute atomic E-state index is 13.5. The number of hydrogen-bond donors (Lipinski definition) is 3. The fourth-order valence-electron chi connectivity index (χ4n) is 3.18. The van der Waals surface area contributed by atoms with Crippen LogP contribution < -0.4 is 10.6 Å². The van der Waals surface area contributed by atoms with E-state index in [2.05, 4.69) is 20.6 Å². The lowest BCUT2D eigenvalue weighted by atomic mass is 9.98. The van der Waals surface area contributed by atoms with Gasteiger partial charge in [-0.15, -0.1) is 0 Å². The van der Waals surface area contributed by atoms with Gasteiger partial charge >= 0.3 is 6.18 Å². The van der Waals surface area contributed by atoms with Crippen molar-refractivity contribution in [1.29, 1.82) is 5.41 Å². The number of carbonyl (C=O) groups is 1. The first-order valence-corrected chi connectivity index (χ1v) is 9.96. The van der Waals surface area contributed by atoms with E-state index in [1.165, 1.54) is 18.5 Å². The highest BCUT2D eigenvalue weighted by Gasteiger charge is 2.34. The van der Waals surface area contributed by atoms with E-state index in [1.54, 1.807) is 14.0 Å². The average Bonchev–Trinajstić information content (AvgIpc) is 2.77. The van der Waals surface area contributed by atoms with E-state index in [1.807, 2.05) is 31.2 Å². The summed E-state index contributed by atoms with van der Waals surface area (Å²) in [5.74, 6) is -0.136. The van der Waals surface area contributed by atoms with Crippen molar-refractivity contribution >= 4 is 17.3 Å². The Kier molecular flexibility index (Phi) is 6.91. The van der Waals surface area contributed by atoms with E-state index >= 15 is 0 Å². The SMILES string of the molecule is CN/C=C\C(=N)c1cc(C(=O)Nc2cnc(C)nc2-c2cccc(C)c2)ccc1C(F)(F)F. The summed E-state index contributed by atoms with van der Waals surface area (Å²) in [6.45, 7) is 3.65. The highest BCUT2D eigenvalue weighted by atomic mass is 19.4. The number of anilines is 1. The quantitative estimate of drug-likeness (QED) is 0.451. The molecule has 0 aliphatic carbocycles. The Labute approximate surface area is 189 Å². The normalized spacial score (nSPS) is 11.5. The van der Waals surface area contributed by atoms with Gasteiger partial charge in [0, 0.05) is 23.7 Å². The van der Waals surface area contributed by atoms with Gasteiger partial charge in [-0.1, -0.05) is 23.8 Å². The number of amides is 1. The molecule has 2 aromatic carbocycles. The van der Waals surface area contributed by atoms with Gasteiger partial charge in [-0.25, -0.2) is 9.97 Å². The van der Waals surface area contributed by atoms with Crippen molar-refractivity contribution in [3.63, 3.8) is 0 Å². The molecule has 1 aromatic heterocycles. The summed E-state index contributed by atoms with van der Waals surface area (Å²) in [7, 11) is 1.56.